The molecule has 0 spiro atoms. The summed E-state index contributed by atoms with van der Waals surface area (Å²) in [5, 5.41) is 4.17. The van der Waals surface area contributed by atoms with Crippen molar-refractivity contribution in [1.82, 2.24) is 5.32 Å². The van der Waals surface area contributed by atoms with E-state index < -0.39 is 6.10 Å². The summed E-state index contributed by atoms with van der Waals surface area (Å²) in [5.74, 6) is -0.00833. The number of likely N-dealkylation sites (N-methyl/N-ethyl adjacent to an activating group) is 1. The number of carbonyl (C=O) groups excluding carboxylic acids is 2. The van der Waals surface area contributed by atoms with Gasteiger partial charge in [0.1, 0.15) is 5.75 Å². The Balaban J connectivity index is 1.63. The van der Waals surface area contributed by atoms with Gasteiger partial charge in [-0.2, -0.15) is 0 Å². The number of thiophene rings is 1. The predicted molar refractivity (Wildman–Crippen MR) is 113 cm³/mol. The fraction of sp³-hybridized carbons (Fsp3) is 0.143. The zero-order chi connectivity index (χ0) is 19.7. The molecule has 1 aliphatic rings. The summed E-state index contributed by atoms with van der Waals surface area (Å²) >= 11 is 7.98. The number of halogens is 1. The van der Waals surface area contributed by atoms with E-state index in [2.05, 4.69) is 5.32 Å². The number of carbonyl (C=O) groups is 2. The predicted octanol–water partition coefficient (Wildman–Crippen LogP) is 4.11. The highest BCUT2D eigenvalue weighted by Gasteiger charge is 2.32. The van der Waals surface area contributed by atoms with Crippen molar-refractivity contribution < 1.29 is 14.3 Å². The normalized spacial score (nSPS) is 16.1. The molecule has 5 nitrogen and oxygen atoms in total. The van der Waals surface area contributed by atoms with Crippen LogP contribution in [0.2, 0.25) is 5.02 Å². The summed E-state index contributed by atoms with van der Waals surface area (Å²) in [5.41, 5.74) is 0.639. The van der Waals surface area contributed by atoms with Crippen LogP contribution in [-0.4, -0.2) is 31.5 Å². The Morgan fingerprint density at radius 3 is 2.75 bits per heavy atom. The minimum absolute atomic E-state index is 0.139. The average Bonchev–Trinajstić information content (AvgIpc) is 3.06. The second-order valence-electron chi connectivity index (χ2n) is 6.25. The number of rotatable bonds is 3. The molecule has 3 aromatic rings. The van der Waals surface area contributed by atoms with Crippen LogP contribution in [0.1, 0.15) is 4.88 Å². The van der Waals surface area contributed by atoms with Crippen LogP contribution in [0, 0.1) is 0 Å². The Labute approximate surface area is 171 Å². The molecule has 0 saturated heterocycles. The maximum atomic E-state index is 12.9. The first-order chi connectivity index (χ1) is 13.6. The molecule has 142 valence electrons. The lowest BCUT2D eigenvalue weighted by atomic mass is 10.1. The van der Waals surface area contributed by atoms with Crippen molar-refractivity contribution in [2.45, 2.75) is 6.10 Å². The van der Waals surface area contributed by atoms with E-state index in [9.17, 15) is 9.59 Å². The van der Waals surface area contributed by atoms with E-state index in [1.165, 1.54) is 17.4 Å². The summed E-state index contributed by atoms with van der Waals surface area (Å²) < 4.78 is 6.80. The zero-order valence-corrected chi connectivity index (χ0v) is 16.6. The van der Waals surface area contributed by atoms with Crippen LogP contribution in [-0.2, 0) is 9.59 Å². The number of anilines is 1. The van der Waals surface area contributed by atoms with Crippen molar-refractivity contribution in [3.05, 3.63) is 64.5 Å². The van der Waals surface area contributed by atoms with Crippen molar-refractivity contribution >= 4 is 56.6 Å². The smallest absolute Gasteiger partial charge is 0.262 e. The van der Waals surface area contributed by atoms with Gasteiger partial charge in [-0.15, -0.1) is 11.3 Å². The lowest BCUT2D eigenvalue weighted by molar-refractivity contribution is -0.127. The molecule has 0 unspecified atom stereocenters. The van der Waals surface area contributed by atoms with Crippen LogP contribution in [0.25, 0.3) is 16.2 Å². The van der Waals surface area contributed by atoms with Gasteiger partial charge in [0, 0.05) is 28.1 Å². The number of benzene rings is 2. The molecule has 2 aromatic carbocycles. The standard InChI is InChI=1S/C21H17ClN2O3S/c1-23-21(26)16-12-24(14-7-3-4-8-15(14)27-16)19(25)11-10-18-20(22)13-6-2-5-9-17(13)28-18/h2-11,16H,12H2,1H3,(H,23,26)/b11-10+/t16-/m0/s1. The first-order valence-electron chi connectivity index (χ1n) is 8.72. The van der Waals surface area contributed by atoms with Crippen LogP contribution in [0.3, 0.4) is 0 Å². The topological polar surface area (TPSA) is 58.6 Å². The van der Waals surface area contributed by atoms with Gasteiger partial charge in [0.2, 0.25) is 0 Å². The van der Waals surface area contributed by atoms with Gasteiger partial charge < -0.3 is 15.0 Å². The fourth-order valence-corrected chi connectivity index (χ4v) is 4.52. The Morgan fingerprint density at radius 1 is 1.21 bits per heavy atom. The molecule has 0 aliphatic carbocycles. The molecule has 0 fully saturated rings. The first kappa shape index (κ1) is 18.5. The zero-order valence-electron chi connectivity index (χ0n) is 15.0. The second-order valence-corrected chi connectivity index (χ2v) is 7.71. The number of fused-ring (bicyclic) bond motifs is 2. The highest BCUT2D eigenvalue weighted by atomic mass is 35.5. The number of para-hydroxylation sites is 2. The van der Waals surface area contributed by atoms with Crippen molar-refractivity contribution in [1.29, 1.82) is 0 Å². The molecule has 1 aliphatic heterocycles. The third-order valence-corrected chi connectivity index (χ3v) is 6.17. The molecule has 0 bridgehead atoms. The molecule has 1 atom stereocenters. The van der Waals surface area contributed by atoms with Gasteiger partial charge in [0.25, 0.3) is 11.8 Å². The molecule has 0 radical (unpaired) electrons. The SMILES string of the molecule is CNC(=O)[C@@H]1CN(C(=O)/C=C/c2sc3ccccc3c2Cl)c2ccccc2O1. The minimum atomic E-state index is -0.759. The molecule has 2 amide bonds. The minimum Gasteiger partial charge on any atom is -0.477 e. The Kier molecular flexibility index (Phi) is 5.07. The van der Waals surface area contributed by atoms with Gasteiger partial charge in [-0.25, -0.2) is 0 Å². The largest absolute Gasteiger partial charge is 0.477 e. The van der Waals surface area contributed by atoms with Crippen LogP contribution in [0.4, 0.5) is 5.69 Å². The van der Waals surface area contributed by atoms with Crippen LogP contribution in [0.15, 0.2) is 54.6 Å². The van der Waals surface area contributed by atoms with Crippen LogP contribution >= 0.6 is 22.9 Å². The van der Waals surface area contributed by atoms with E-state index in [4.69, 9.17) is 16.3 Å². The molecular formula is C21H17ClN2O3S. The van der Waals surface area contributed by atoms with E-state index in [0.29, 0.717) is 16.5 Å². The number of ether oxygens (including phenoxy) is 1. The number of amides is 2. The Hall–Kier alpha value is -2.83. The average molecular weight is 413 g/mol. The highest BCUT2D eigenvalue weighted by Crippen LogP contribution is 2.37. The number of nitrogens with one attached hydrogen (secondary N) is 1. The van der Waals surface area contributed by atoms with Crippen molar-refractivity contribution in [2.24, 2.45) is 0 Å². The molecule has 0 saturated carbocycles. The first-order valence-corrected chi connectivity index (χ1v) is 9.92. The van der Waals surface area contributed by atoms with Gasteiger partial charge in [0.05, 0.1) is 17.3 Å². The van der Waals surface area contributed by atoms with E-state index in [1.54, 1.807) is 36.2 Å². The maximum absolute atomic E-state index is 12.9. The Bertz CT molecular complexity index is 1090. The van der Waals surface area contributed by atoms with Gasteiger partial charge in [0.15, 0.2) is 6.10 Å². The van der Waals surface area contributed by atoms with Crippen molar-refractivity contribution in [2.75, 3.05) is 18.5 Å². The molecule has 7 heteroatoms. The molecular weight excluding hydrogens is 396 g/mol. The fourth-order valence-electron chi connectivity index (χ4n) is 3.12. The van der Waals surface area contributed by atoms with Gasteiger partial charge in [-0.05, 0) is 24.3 Å². The Morgan fingerprint density at radius 2 is 1.96 bits per heavy atom. The van der Waals surface area contributed by atoms with Crippen LogP contribution in [0.5, 0.6) is 5.75 Å². The summed E-state index contributed by atoms with van der Waals surface area (Å²) in [6.45, 7) is 0.139. The van der Waals surface area contributed by atoms with Crippen molar-refractivity contribution in [3.63, 3.8) is 0 Å². The summed E-state index contributed by atoms with van der Waals surface area (Å²) in [7, 11) is 1.54. The summed E-state index contributed by atoms with van der Waals surface area (Å²) in [4.78, 5) is 27.4. The lowest BCUT2D eigenvalue weighted by Crippen LogP contribution is -2.49. The highest BCUT2D eigenvalue weighted by molar-refractivity contribution is 7.20. The van der Waals surface area contributed by atoms with E-state index in [-0.39, 0.29) is 18.4 Å². The van der Waals surface area contributed by atoms with Crippen molar-refractivity contribution in [3.8, 4) is 5.75 Å². The molecule has 2 heterocycles. The molecule has 1 aromatic heterocycles. The molecule has 28 heavy (non-hydrogen) atoms. The van der Waals surface area contributed by atoms with Crippen LogP contribution < -0.4 is 15.0 Å². The number of hydrogen-bond donors (Lipinski definition) is 1. The number of hydrogen-bond acceptors (Lipinski definition) is 4. The third kappa shape index (κ3) is 3.37. The summed E-state index contributed by atoms with van der Waals surface area (Å²) in [6, 6.07) is 15.0. The van der Waals surface area contributed by atoms with Gasteiger partial charge >= 0.3 is 0 Å². The van der Waals surface area contributed by atoms with E-state index in [1.807, 2.05) is 30.3 Å². The van der Waals surface area contributed by atoms with Gasteiger partial charge in [-0.1, -0.05) is 41.9 Å². The molecule has 4 rings (SSSR count). The van der Waals surface area contributed by atoms with Gasteiger partial charge in [-0.3, -0.25) is 9.59 Å². The maximum Gasteiger partial charge on any atom is 0.262 e. The number of nitrogens with zero attached hydrogens (tertiary/aromatic N) is 1. The monoisotopic (exact) mass is 412 g/mol. The van der Waals surface area contributed by atoms with E-state index in [0.717, 1.165) is 15.0 Å². The second kappa shape index (κ2) is 7.66. The summed E-state index contributed by atoms with van der Waals surface area (Å²) in [6.07, 6.45) is 2.45. The third-order valence-electron chi connectivity index (χ3n) is 4.52. The van der Waals surface area contributed by atoms with E-state index >= 15 is 0 Å². The quantitative estimate of drug-likeness (QED) is 0.658. The lowest BCUT2D eigenvalue weighted by Gasteiger charge is -2.33. The molecule has 1 N–H and O–H groups in total.